The van der Waals surface area contributed by atoms with E-state index in [2.05, 4.69) is 0 Å². The highest BCUT2D eigenvalue weighted by Gasteiger charge is 2.35. The van der Waals surface area contributed by atoms with E-state index >= 15 is 0 Å². The predicted molar refractivity (Wildman–Crippen MR) is 138 cm³/mol. The quantitative estimate of drug-likeness (QED) is 0.384. The number of carbonyl (C=O) groups is 1. The van der Waals surface area contributed by atoms with Crippen molar-refractivity contribution in [1.29, 1.82) is 0 Å². The number of ether oxygens (including phenoxy) is 1. The topological polar surface area (TPSA) is 67.6 Å². The van der Waals surface area contributed by atoms with Crippen LogP contribution in [-0.2, 0) is 11.3 Å². The smallest absolute Gasteiger partial charge is 0.227 e. The number of hydrogen-bond acceptors (Lipinski definition) is 4. The molecule has 2 heterocycles. The van der Waals surface area contributed by atoms with Crippen LogP contribution in [-0.4, -0.2) is 39.8 Å². The van der Waals surface area contributed by atoms with Gasteiger partial charge in [-0.25, -0.2) is 4.98 Å². The fourth-order valence-electron chi connectivity index (χ4n) is 4.78. The number of anilines is 1. The third kappa shape index (κ3) is 4.77. The number of fused-ring (bicyclic) bond motifs is 1. The van der Waals surface area contributed by atoms with Gasteiger partial charge in [0, 0.05) is 29.6 Å². The van der Waals surface area contributed by atoms with Crippen molar-refractivity contribution in [3.05, 3.63) is 88.7 Å². The molecule has 1 aliphatic rings. The van der Waals surface area contributed by atoms with Gasteiger partial charge in [-0.2, -0.15) is 0 Å². The lowest BCUT2D eigenvalue weighted by Gasteiger charge is -2.19. The van der Waals surface area contributed by atoms with Crippen molar-refractivity contribution in [2.75, 3.05) is 18.1 Å². The van der Waals surface area contributed by atoms with Crippen LogP contribution in [0.2, 0.25) is 5.02 Å². The van der Waals surface area contributed by atoms with E-state index in [1.54, 1.807) is 0 Å². The lowest BCUT2D eigenvalue weighted by molar-refractivity contribution is -0.117. The SMILES string of the molecule is Cc1cc(OC[C@H](O)Cn2c([C@H]3CC(=O)N(c4ccccc4)C3)nc3ccccc32)cc(C)c1Cl. The molecule has 0 radical (unpaired) electrons. The minimum Gasteiger partial charge on any atom is -0.491 e. The summed E-state index contributed by atoms with van der Waals surface area (Å²) in [6.45, 7) is 4.88. The van der Waals surface area contributed by atoms with Crippen LogP contribution in [0.5, 0.6) is 5.75 Å². The van der Waals surface area contributed by atoms with Gasteiger partial charge in [0.2, 0.25) is 5.91 Å². The van der Waals surface area contributed by atoms with Gasteiger partial charge in [0.05, 0.1) is 17.6 Å². The average molecular weight is 490 g/mol. The number of halogens is 1. The van der Waals surface area contributed by atoms with Crippen LogP contribution >= 0.6 is 11.6 Å². The average Bonchev–Trinajstić information content (AvgIpc) is 3.42. The molecule has 0 saturated carbocycles. The Hall–Kier alpha value is -3.35. The number of para-hydroxylation sites is 3. The Labute approximate surface area is 209 Å². The molecule has 1 saturated heterocycles. The number of amides is 1. The second kappa shape index (κ2) is 9.72. The van der Waals surface area contributed by atoms with E-state index < -0.39 is 6.10 Å². The summed E-state index contributed by atoms with van der Waals surface area (Å²) in [5, 5.41) is 11.6. The first-order valence-electron chi connectivity index (χ1n) is 11.8. The first kappa shape index (κ1) is 23.4. The summed E-state index contributed by atoms with van der Waals surface area (Å²) in [7, 11) is 0. The fourth-order valence-corrected chi connectivity index (χ4v) is 4.89. The zero-order chi connectivity index (χ0) is 24.5. The Bertz CT molecular complexity index is 1350. The second-order valence-electron chi connectivity index (χ2n) is 9.15. The van der Waals surface area contributed by atoms with Crippen LogP contribution in [0.1, 0.15) is 29.3 Å². The van der Waals surface area contributed by atoms with Crippen LogP contribution in [0.3, 0.4) is 0 Å². The molecule has 2 atom stereocenters. The zero-order valence-corrected chi connectivity index (χ0v) is 20.6. The van der Waals surface area contributed by atoms with Gasteiger partial charge in [-0.05, 0) is 61.4 Å². The minimum absolute atomic E-state index is 0.0650. The van der Waals surface area contributed by atoms with E-state index in [4.69, 9.17) is 21.3 Å². The van der Waals surface area contributed by atoms with Crippen molar-refractivity contribution in [2.24, 2.45) is 0 Å². The molecule has 5 rings (SSSR count). The molecule has 180 valence electrons. The Morgan fingerprint density at radius 1 is 1.09 bits per heavy atom. The molecule has 1 N–H and O–H groups in total. The molecular weight excluding hydrogens is 462 g/mol. The Morgan fingerprint density at radius 3 is 2.51 bits per heavy atom. The highest BCUT2D eigenvalue weighted by molar-refractivity contribution is 6.32. The molecule has 35 heavy (non-hydrogen) atoms. The van der Waals surface area contributed by atoms with E-state index in [-0.39, 0.29) is 18.4 Å². The van der Waals surface area contributed by atoms with Crippen LogP contribution in [0.25, 0.3) is 11.0 Å². The highest BCUT2D eigenvalue weighted by Crippen LogP contribution is 2.33. The van der Waals surface area contributed by atoms with Gasteiger partial charge in [-0.3, -0.25) is 4.79 Å². The molecule has 0 aliphatic carbocycles. The molecule has 7 heteroatoms. The maximum absolute atomic E-state index is 12.9. The number of imidazole rings is 1. The van der Waals surface area contributed by atoms with E-state index in [0.717, 1.165) is 38.7 Å². The maximum Gasteiger partial charge on any atom is 0.227 e. The third-order valence-corrected chi connectivity index (χ3v) is 7.08. The Kier molecular flexibility index (Phi) is 6.50. The summed E-state index contributed by atoms with van der Waals surface area (Å²) in [6.07, 6.45) is -0.376. The van der Waals surface area contributed by atoms with Crippen LogP contribution < -0.4 is 9.64 Å². The second-order valence-corrected chi connectivity index (χ2v) is 9.52. The molecule has 1 aromatic heterocycles. The van der Waals surface area contributed by atoms with Gasteiger partial charge in [-0.15, -0.1) is 0 Å². The molecule has 1 aliphatic heterocycles. The monoisotopic (exact) mass is 489 g/mol. The van der Waals surface area contributed by atoms with Crippen LogP contribution in [0.15, 0.2) is 66.7 Å². The lowest BCUT2D eigenvalue weighted by atomic mass is 10.1. The maximum atomic E-state index is 12.9. The van der Waals surface area contributed by atoms with Crippen LogP contribution in [0.4, 0.5) is 5.69 Å². The minimum atomic E-state index is -0.759. The Balaban J connectivity index is 1.37. The van der Waals surface area contributed by atoms with Crippen molar-refractivity contribution in [2.45, 2.75) is 38.8 Å². The molecular formula is C28H28ClN3O3. The van der Waals surface area contributed by atoms with Gasteiger partial charge < -0.3 is 19.3 Å². The van der Waals surface area contributed by atoms with Crippen molar-refractivity contribution in [3.8, 4) is 5.75 Å². The van der Waals surface area contributed by atoms with Crippen molar-refractivity contribution < 1.29 is 14.6 Å². The number of aromatic nitrogens is 2. The van der Waals surface area contributed by atoms with E-state index in [1.807, 2.05) is 90.0 Å². The lowest BCUT2D eigenvalue weighted by Crippen LogP contribution is -2.26. The molecule has 0 unspecified atom stereocenters. The number of aryl methyl sites for hydroxylation is 2. The third-order valence-electron chi connectivity index (χ3n) is 6.49. The largest absolute Gasteiger partial charge is 0.491 e. The van der Waals surface area contributed by atoms with Gasteiger partial charge in [0.1, 0.15) is 24.3 Å². The predicted octanol–water partition coefficient (Wildman–Crippen LogP) is 5.27. The molecule has 3 aromatic carbocycles. The van der Waals surface area contributed by atoms with Gasteiger partial charge in [0.25, 0.3) is 0 Å². The number of carbonyl (C=O) groups excluding carboxylic acids is 1. The van der Waals surface area contributed by atoms with Gasteiger partial charge in [0.15, 0.2) is 0 Å². The van der Waals surface area contributed by atoms with Gasteiger partial charge in [-0.1, -0.05) is 41.9 Å². The van der Waals surface area contributed by atoms with E-state index in [0.29, 0.717) is 25.3 Å². The van der Waals surface area contributed by atoms with E-state index in [1.165, 1.54) is 0 Å². The number of aliphatic hydroxyl groups is 1. The first-order valence-corrected chi connectivity index (χ1v) is 12.2. The summed E-state index contributed by atoms with van der Waals surface area (Å²) in [5.41, 5.74) is 4.56. The summed E-state index contributed by atoms with van der Waals surface area (Å²) < 4.78 is 7.93. The van der Waals surface area contributed by atoms with E-state index in [9.17, 15) is 9.90 Å². The van der Waals surface area contributed by atoms with Crippen molar-refractivity contribution in [1.82, 2.24) is 9.55 Å². The summed E-state index contributed by atoms with van der Waals surface area (Å²) >= 11 is 6.26. The zero-order valence-electron chi connectivity index (χ0n) is 19.8. The summed E-state index contributed by atoms with van der Waals surface area (Å²) in [6, 6.07) is 21.3. The standard InChI is InChI=1S/C28H28ClN3O3/c1-18-12-23(13-19(2)27(18)29)35-17-22(33)16-32-25-11-7-6-10-24(25)30-28(32)20-14-26(34)31(15-20)21-8-4-3-5-9-21/h3-13,20,22,33H,14-17H2,1-2H3/t20-,22+/m0/s1. The van der Waals surface area contributed by atoms with Crippen LogP contribution in [0, 0.1) is 13.8 Å². The molecule has 1 amide bonds. The number of nitrogens with zero attached hydrogens (tertiary/aromatic N) is 3. The molecule has 0 bridgehead atoms. The summed E-state index contributed by atoms with van der Waals surface area (Å²) in [5.74, 6) is 1.51. The number of rotatable bonds is 7. The van der Waals surface area contributed by atoms with Crippen molar-refractivity contribution >= 4 is 34.2 Å². The fraction of sp³-hybridized carbons (Fsp3) is 0.286. The number of benzene rings is 3. The summed E-state index contributed by atoms with van der Waals surface area (Å²) in [4.78, 5) is 19.6. The molecule has 6 nitrogen and oxygen atoms in total. The Morgan fingerprint density at radius 2 is 1.77 bits per heavy atom. The van der Waals surface area contributed by atoms with Crippen molar-refractivity contribution in [3.63, 3.8) is 0 Å². The number of hydrogen-bond donors (Lipinski definition) is 1. The normalized spacial score (nSPS) is 16.7. The molecule has 4 aromatic rings. The molecule has 1 fully saturated rings. The number of aliphatic hydroxyl groups excluding tert-OH is 1. The first-order chi connectivity index (χ1) is 16.9. The highest BCUT2D eigenvalue weighted by atomic mass is 35.5. The van der Waals surface area contributed by atoms with Gasteiger partial charge >= 0.3 is 0 Å². The molecule has 0 spiro atoms.